The minimum atomic E-state index is -3.81. The molecular formula is C10H16ClN3O2S. The average Bonchev–Trinajstić information content (AvgIpc) is 2.87. The molecule has 7 heteroatoms. The zero-order valence-electron chi connectivity index (χ0n) is 9.93. The lowest BCUT2D eigenvalue weighted by Crippen LogP contribution is -2.13. The van der Waals surface area contributed by atoms with Gasteiger partial charge in [-0.15, -0.1) is 10.2 Å². The van der Waals surface area contributed by atoms with Crippen molar-refractivity contribution in [3.8, 4) is 0 Å². The topological polar surface area (TPSA) is 64.8 Å². The molecule has 5 nitrogen and oxygen atoms in total. The van der Waals surface area contributed by atoms with Gasteiger partial charge in [0.15, 0.2) is 0 Å². The predicted molar refractivity (Wildman–Crippen MR) is 64.3 cm³/mol. The Morgan fingerprint density at radius 1 is 1.41 bits per heavy atom. The minimum Gasteiger partial charge on any atom is -0.301 e. The largest absolute Gasteiger partial charge is 0.301 e. The molecule has 0 radical (unpaired) electrons. The summed E-state index contributed by atoms with van der Waals surface area (Å²) in [6.45, 7) is 4.62. The van der Waals surface area contributed by atoms with Crippen LogP contribution in [0.2, 0.25) is 0 Å². The Morgan fingerprint density at radius 2 is 2.06 bits per heavy atom. The van der Waals surface area contributed by atoms with Crippen molar-refractivity contribution in [2.45, 2.75) is 44.8 Å². The van der Waals surface area contributed by atoms with Crippen LogP contribution in [0.5, 0.6) is 0 Å². The molecule has 0 unspecified atom stereocenters. The summed E-state index contributed by atoms with van der Waals surface area (Å²) in [5, 5.41) is 7.56. The molecule has 0 aromatic carbocycles. The SMILES string of the molecule is CC(C)Cn1c(CC2CC2)nnc1S(=O)(=O)Cl. The molecule has 0 saturated heterocycles. The third-order valence-corrected chi connectivity index (χ3v) is 3.88. The van der Waals surface area contributed by atoms with Crippen LogP contribution in [0.15, 0.2) is 5.16 Å². The second-order valence-electron chi connectivity index (χ2n) is 4.99. The van der Waals surface area contributed by atoms with E-state index in [0.717, 1.165) is 12.2 Å². The van der Waals surface area contributed by atoms with Gasteiger partial charge in [-0.25, -0.2) is 8.42 Å². The normalized spacial score (nSPS) is 16.7. The van der Waals surface area contributed by atoms with Crippen molar-refractivity contribution >= 4 is 19.7 Å². The van der Waals surface area contributed by atoms with Gasteiger partial charge in [-0.2, -0.15) is 0 Å². The second kappa shape index (κ2) is 4.57. The van der Waals surface area contributed by atoms with Gasteiger partial charge in [-0.1, -0.05) is 13.8 Å². The monoisotopic (exact) mass is 277 g/mol. The molecule has 96 valence electrons. The fourth-order valence-corrected chi connectivity index (χ4v) is 2.70. The molecule has 1 fully saturated rings. The molecular weight excluding hydrogens is 262 g/mol. The van der Waals surface area contributed by atoms with Crippen LogP contribution in [-0.2, 0) is 22.0 Å². The molecule has 0 atom stereocenters. The Morgan fingerprint density at radius 3 is 2.53 bits per heavy atom. The highest BCUT2D eigenvalue weighted by Gasteiger charge is 2.28. The first-order chi connectivity index (χ1) is 7.88. The van der Waals surface area contributed by atoms with E-state index in [1.54, 1.807) is 4.57 Å². The van der Waals surface area contributed by atoms with E-state index in [-0.39, 0.29) is 5.16 Å². The first kappa shape index (κ1) is 12.8. The minimum absolute atomic E-state index is 0.122. The van der Waals surface area contributed by atoms with Gasteiger partial charge in [0.05, 0.1) is 0 Å². The van der Waals surface area contributed by atoms with E-state index in [2.05, 4.69) is 10.2 Å². The molecule has 1 aromatic heterocycles. The maximum absolute atomic E-state index is 11.4. The molecule has 17 heavy (non-hydrogen) atoms. The van der Waals surface area contributed by atoms with Crippen molar-refractivity contribution in [1.82, 2.24) is 14.8 Å². The van der Waals surface area contributed by atoms with Crippen molar-refractivity contribution in [3.63, 3.8) is 0 Å². The third-order valence-electron chi connectivity index (χ3n) is 2.73. The molecule has 0 bridgehead atoms. The van der Waals surface area contributed by atoms with Gasteiger partial charge in [-0.3, -0.25) is 0 Å². The molecule has 2 rings (SSSR count). The Bertz CT molecular complexity index is 506. The summed E-state index contributed by atoms with van der Waals surface area (Å²) in [5.74, 6) is 1.69. The van der Waals surface area contributed by atoms with Crippen LogP contribution < -0.4 is 0 Å². The Balaban J connectivity index is 2.34. The number of rotatable bonds is 5. The fourth-order valence-electron chi connectivity index (χ4n) is 1.78. The lowest BCUT2D eigenvalue weighted by molar-refractivity contribution is 0.468. The van der Waals surface area contributed by atoms with E-state index in [1.165, 1.54) is 12.8 Å². The maximum atomic E-state index is 11.4. The quantitative estimate of drug-likeness (QED) is 0.770. The van der Waals surface area contributed by atoms with Crippen molar-refractivity contribution < 1.29 is 8.42 Å². The van der Waals surface area contributed by atoms with E-state index < -0.39 is 9.05 Å². The molecule has 0 N–H and O–H groups in total. The van der Waals surface area contributed by atoms with Crippen molar-refractivity contribution in [2.24, 2.45) is 11.8 Å². The number of aromatic nitrogens is 3. The summed E-state index contributed by atoms with van der Waals surface area (Å²) in [6, 6.07) is 0. The first-order valence-electron chi connectivity index (χ1n) is 5.74. The van der Waals surface area contributed by atoms with E-state index in [4.69, 9.17) is 10.7 Å². The average molecular weight is 278 g/mol. The Kier molecular flexibility index (Phi) is 3.45. The molecule has 1 heterocycles. The van der Waals surface area contributed by atoms with Crippen LogP contribution in [0.1, 0.15) is 32.5 Å². The molecule has 0 spiro atoms. The highest BCUT2D eigenvalue weighted by Crippen LogP contribution is 2.32. The molecule has 0 aliphatic heterocycles. The van der Waals surface area contributed by atoms with E-state index in [9.17, 15) is 8.42 Å². The lowest BCUT2D eigenvalue weighted by atomic mass is 10.2. The first-order valence-corrected chi connectivity index (χ1v) is 8.05. The van der Waals surface area contributed by atoms with Crippen molar-refractivity contribution in [3.05, 3.63) is 5.82 Å². The van der Waals surface area contributed by atoms with Crippen LogP contribution >= 0.6 is 10.7 Å². The van der Waals surface area contributed by atoms with Gasteiger partial charge in [0.2, 0.25) is 0 Å². The lowest BCUT2D eigenvalue weighted by Gasteiger charge is -2.10. The summed E-state index contributed by atoms with van der Waals surface area (Å²) in [6.07, 6.45) is 3.18. The van der Waals surface area contributed by atoms with Crippen LogP contribution in [0.3, 0.4) is 0 Å². The predicted octanol–water partition coefficient (Wildman–Crippen LogP) is 1.81. The number of nitrogens with zero attached hydrogens (tertiary/aromatic N) is 3. The van der Waals surface area contributed by atoms with Crippen LogP contribution in [0.25, 0.3) is 0 Å². The summed E-state index contributed by atoms with van der Waals surface area (Å²) in [4.78, 5) is 0. The van der Waals surface area contributed by atoms with Gasteiger partial charge >= 0.3 is 0 Å². The zero-order valence-corrected chi connectivity index (χ0v) is 11.5. The van der Waals surface area contributed by atoms with E-state index in [0.29, 0.717) is 18.4 Å². The summed E-state index contributed by atoms with van der Waals surface area (Å²) in [5.41, 5.74) is 0. The third kappa shape index (κ3) is 3.19. The fraction of sp³-hybridized carbons (Fsp3) is 0.800. The van der Waals surface area contributed by atoms with Crippen molar-refractivity contribution in [2.75, 3.05) is 0 Å². The summed E-state index contributed by atoms with van der Waals surface area (Å²) in [7, 11) is 1.55. The maximum Gasteiger partial charge on any atom is 0.296 e. The van der Waals surface area contributed by atoms with Gasteiger partial charge in [0, 0.05) is 23.6 Å². The van der Waals surface area contributed by atoms with E-state index in [1.807, 2.05) is 13.8 Å². The zero-order chi connectivity index (χ0) is 12.6. The highest BCUT2D eigenvalue weighted by atomic mass is 35.7. The van der Waals surface area contributed by atoms with Crippen LogP contribution in [0, 0.1) is 11.8 Å². The van der Waals surface area contributed by atoms with Crippen LogP contribution in [0.4, 0.5) is 0 Å². The van der Waals surface area contributed by atoms with Gasteiger partial charge in [-0.05, 0) is 24.7 Å². The molecule has 1 aromatic rings. The number of hydrogen-bond donors (Lipinski definition) is 0. The molecule has 1 aliphatic carbocycles. The Hall–Kier alpha value is -0.620. The van der Waals surface area contributed by atoms with Crippen molar-refractivity contribution in [1.29, 1.82) is 0 Å². The smallest absolute Gasteiger partial charge is 0.296 e. The van der Waals surface area contributed by atoms with Gasteiger partial charge < -0.3 is 4.57 Å². The second-order valence-corrected chi connectivity index (χ2v) is 7.45. The number of hydrogen-bond acceptors (Lipinski definition) is 4. The highest BCUT2D eigenvalue weighted by molar-refractivity contribution is 8.13. The van der Waals surface area contributed by atoms with Gasteiger partial charge in [0.25, 0.3) is 14.2 Å². The molecule has 1 aliphatic rings. The molecule has 1 saturated carbocycles. The molecule has 0 amide bonds. The standard InChI is InChI=1S/C10H16ClN3O2S/c1-7(2)6-14-9(5-8-3-4-8)12-13-10(14)17(11,15)16/h7-8H,3-6H2,1-2H3. The van der Waals surface area contributed by atoms with Crippen LogP contribution in [-0.4, -0.2) is 23.2 Å². The van der Waals surface area contributed by atoms with Gasteiger partial charge in [0.1, 0.15) is 5.82 Å². The summed E-state index contributed by atoms with van der Waals surface area (Å²) < 4.78 is 24.4. The van der Waals surface area contributed by atoms with E-state index >= 15 is 0 Å². The Labute approximate surface area is 106 Å². The summed E-state index contributed by atoms with van der Waals surface area (Å²) >= 11 is 0. The number of halogens is 1.